The van der Waals surface area contributed by atoms with Gasteiger partial charge in [-0.05, 0) is 48.7 Å². The van der Waals surface area contributed by atoms with Gasteiger partial charge in [-0.25, -0.2) is 4.39 Å². The molecule has 0 aromatic heterocycles. The van der Waals surface area contributed by atoms with Gasteiger partial charge in [-0.1, -0.05) is 37.5 Å². The zero-order chi connectivity index (χ0) is 27.2. The summed E-state index contributed by atoms with van der Waals surface area (Å²) in [5.41, 5.74) is 0.700. The molecule has 1 aliphatic heterocycles. The van der Waals surface area contributed by atoms with E-state index in [-0.39, 0.29) is 24.9 Å². The highest BCUT2D eigenvalue weighted by Crippen LogP contribution is 2.30. The second-order valence-electron chi connectivity index (χ2n) is 9.68. The fourth-order valence-corrected chi connectivity index (χ4v) is 5.23. The van der Waals surface area contributed by atoms with Crippen LogP contribution in [-0.4, -0.2) is 65.0 Å². The van der Waals surface area contributed by atoms with E-state index in [4.69, 9.17) is 4.74 Å². The predicted octanol–water partition coefficient (Wildman–Crippen LogP) is 3.36. The van der Waals surface area contributed by atoms with Gasteiger partial charge in [-0.2, -0.15) is 0 Å². The van der Waals surface area contributed by atoms with E-state index >= 15 is 0 Å². The second-order valence-corrected chi connectivity index (χ2v) is 9.68. The van der Waals surface area contributed by atoms with E-state index < -0.39 is 42.2 Å². The van der Waals surface area contributed by atoms with E-state index in [0.717, 1.165) is 32.1 Å². The third kappa shape index (κ3) is 6.12. The smallest absolute Gasteiger partial charge is 0.305 e. The Morgan fingerprint density at radius 2 is 1.71 bits per heavy atom. The number of ether oxygens (including phenoxy) is 1. The number of hydrogen-bond acceptors (Lipinski definition) is 5. The SMILES string of the molecule is COc1cccc(C(=O)N2CCN(C(=O)C3CCCCC3)C2C(=O)NC(CC(=O)O)c2ccc(F)cc2)c1. The molecule has 0 spiro atoms. The lowest BCUT2D eigenvalue weighted by molar-refractivity contribution is -0.145. The summed E-state index contributed by atoms with van der Waals surface area (Å²) in [6.45, 7) is 0.329. The molecule has 2 aromatic carbocycles. The van der Waals surface area contributed by atoms with Crippen LogP contribution in [0.25, 0.3) is 0 Å². The summed E-state index contributed by atoms with van der Waals surface area (Å²) in [7, 11) is 1.48. The van der Waals surface area contributed by atoms with Crippen LogP contribution in [0.5, 0.6) is 5.75 Å². The lowest BCUT2D eigenvalue weighted by atomic mass is 9.88. The maximum absolute atomic E-state index is 13.8. The van der Waals surface area contributed by atoms with Gasteiger partial charge in [0.25, 0.3) is 11.8 Å². The number of hydrogen-bond donors (Lipinski definition) is 2. The fraction of sp³-hybridized carbons (Fsp3) is 0.429. The number of aliphatic carboxylic acids is 1. The van der Waals surface area contributed by atoms with Crippen molar-refractivity contribution in [2.24, 2.45) is 5.92 Å². The number of halogens is 1. The molecule has 2 fully saturated rings. The van der Waals surface area contributed by atoms with Gasteiger partial charge < -0.3 is 25.0 Å². The highest BCUT2D eigenvalue weighted by atomic mass is 19.1. The van der Waals surface area contributed by atoms with Crippen molar-refractivity contribution in [1.82, 2.24) is 15.1 Å². The molecule has 2 N–H and O–H groups in total. The monoisotopic (exact) mass is 525 g/mol. The molecule has 1 saturated carbocycles. The fourth-order valence-electron chi connectivity index (χ4n) is 5.23. The lowest BCUT2D eigenvalue weighted by Gasteiger charge is -2.33. The number of nitrogens with zero attached hydrogens (tertiary/aromatic N) is 2. The van der Waals surface area contributed by atoms with E-state index in [0.29, 0.717) is 16.9 Å². The number of benzene rings is 2. The predicted molar refractivity (Wildman–Crippen MR) is 136 cm³/mol. The zero-order valence-electron chi connectivity index (χ0n) is 21.3. The molecule has 1 heterocycles. The summed E-state index contributed by atoms with van der Waals surface area (Å²) in [6, 6.07) is 10.7. The van der Waals surface area contributed by atoms with Crippen LogP contribution in [-0.2, 0) is 14.4 Å². The molecule has 2 unspecified atom stereocenters. The first kappa shape index (κ1) is 27.1. The molecule has 0 radical (unpaired) electrons. The quantitative estimate of drug-likeness (QED) is 0.546. The average molecular weight is 526 g/mol. The Morgan fingerprint density at radius 3 is 2.37 bits per heavy atom. The number of rotatable bonds is 8. The highest BCUT2D eigenvalue weighted by molar-refractivity contribution is 5.99. The van der Waals surface area contributed by atoms with Crippen molar-refractivity contribution in [3.05, 3.63) is 65.5 Å². The third-order valence-corrected chi connectivity index (χ3v) is 7.19. The van der Waals surface area contributed by atoms with Crippen LogP contribution < -0.4 is 10.1 Å². The van der Waals surface area contributed by atoms with E-state index in [2.05, 4.69) is 5.32 Å². The van der Waals surface area contributed by atoms with E-state index in [1.165, 1.54) is 41.2 Å². The zero-order valence-corrected chi connectivity index (χ0v) is 21.3. The maximum Gasteiger partial charge on any atom is 0.305 e. The number of nitrogens with one attached hydrogen (secondary N) is 1. The Labute approximate surface area is 220 Å². The van der Waals surface area contributed by atoms with Gasteiger partial charge in [0.15, 0.2) is 6.17 Å². The van der Waals surface area contributed by atoms with Gasteiger partial charge in [-0.15, -0.1) is 0 Å². The Morgan fingerprint density at radius 1 is 1.03 bits per heavy atom. The van der Waals surface area contributed by atoms with E-state index in [1.54, 1.807) is 24.3 Å². The molecular weight excluding hydrogens is 493 g/mol. The van der Waals surface area contributed by atoms with Crippen LogP contribution in [0.3, 0.4) is 0 Å². The van der Waals surface area contributed by atoms with Crippen molar-refractivity contribution in [1.29, 1.82) is 0 Å². The number of carbonyl (C=O) groups is 4. The molecule has 202 valence electrons. The largest absolute Gasteiger partial charge is 0.497 e. The summed E-state index contributed by atoms with van der Waals surface area (Å²) in [5, 5.41) is 12.2. The van der Waals surface area contributed by atoms with Gasteiger partial charge in [0.1, 0.15) is 11.6 Å². The van der Waals surface area contributed by atoms with Crippen molar-refractivity contribution in [3.8, 4) is 5.75 Å². The molecule has 2 aliphatic rings. The molecule has 10 heteroatoms. The maximum atomic E-state index is 13.8. The standard InChI is InChI=1S/C28H32FN3O6/c1-38-22-9-5-8-20(16-22)28(37)32-15-14-31(27(36)19-6-3-2-4-7-19)26(32)25(35)30-23(17-24(33)34)18-10-12-21(29)13-11-18/h5,8-13,16,19,23,26H,2-4,6-7,14-15,17H2,1H3,(H,30,35)(H,33,34). The van der Waals surface area contributed by atoms with Crippen LogP contribution in [0.15, 0.2) is 48.5 Å². The summed E-state index contributed by atoms with van der Waals surface area (Å²) >= 11 is 0. The lowest BCUT2D eigenvalue weighted by Crippen LogP contribution is -2.55. The van der Waals surface area contributed by atoms with Crippen molar-refractivity contribution in [2.75, 3.05) is 20.2 Å². The Kier molecular flexibility index (Phi) is 8.60. The van der Waals surface area contributed by atoms with Gasteiger partial charge in [0.05, 0.1) is 19.6 Å². The van der Waals surface area contributed by atoms with Crippen LogP contribution in [0.4, 0.5) is 4.39 Å². The first-order chi connectivity index (χ1) is 18.3. The van der Waals surface area contributed by atoms with Crippen LogP contribution >= 0.6 is 0 Å². The topological polar surface area (TPSA) is 116 Å². The normalized spacial score (nSPS) is 18.6. The number of carbonyl (C=O) groups excluding carboxylic acids is 3. The minimum absolute atomic E-state index is 0.146. The molecule has 3 amide bonds. The minimum atomic E-state index is -1.25. The molecule has 0 bridgehead atoms. The van der Waals surface area contributed by atoms with Gasteiger partial charge in [0, 0.05) is 24.6 Å². The van der Waals surface area contributed by atoms with Crippen molar-refractivity contribution >= 4 is 23.7 Å². The van der Waals surface area contributed by atoms with Crippen molar-refractivity contribution in [2.45, 2.75) is 50.7 Å². The number of carboxylic acids is 1. The molecule has 2 atom stereocenters. The summed E-state index contributed by atoms with van der Waals surface area (Å²) in [6.07, 6.45) is 2.67. The average Bonchev–Trinajstić information content (AvgIpc) is 3.38. The van der Waals surface area contributed by atoms with Crippen LogP contribution in [0.1, 0.15) is 60.5 Å². The van der Waals surface area contributed by atoms with Crippen LogP contribution in [0, 0.1) is 11.7 Å². The third-order valence-electron chi connectivity index (χ3n) is 7.19. The molecule has 1 aliphatic carbocycles. The van der Waals surface area contributed by atoms with Crippen molar-refractivity contribution in [3.63, 3.8) is 0 Å². The number of methoxy groups -OCH3 is 1. The molecular formula is C28H32FN3O6. The first-order valence-corrected chi connectivity index (χ1v) is 12.8. The minimum Gasteiger partial charge on any atom is -0.497 e. The van der Waals surface area contributed by atoms with E-state index in [1.807, 2.05) is 0 Å². The molecule has 9 nitrogen and oxygen atoms in total. The van der Waals surface area contributed by atoms with E-state index in [9.17, 15) is 28.7 Å². The summed E-state index contributed by atoms with van der Waals surface area (Å²) < 4.78 is 18.7. The summed E-state index contributed by atoms with van der Waals surface area (Å²) in [4.78, 5) is 55.2. The van der Waals surface area contributed by atoms with Crippen molar-refractivity contribution < 1.29 is 33.4 Å². The van der Waals surface area contributed by atoms with Gasteiger partial charge in [0.2, 0.25) is 5.91 Å². The van der Waals surface area contributed by atoms with Gasteiger partial charge >= 0.3 is 5.97 Å². The Balaban J connectivity index is 1.64. The summed E-state index contributed by atoms with van der Waals surface area (Å²) in [5.74, 6) is -2.70. The molecule has 38 heavy (non-hydrogen) atoms. The Bertz CT molecular complexity index is 1180. The molecule has 4 rings (SSSR count). The molecule has 1 saturated heterocycles. The molecule has 2 aromatic rings. The number of carboxylic acid groups (broad SMARTS) is 1. The highest BCUT2D eigenvalue weighted by Gasteiger charge is 2.45. The second kappa shape index (κ2) is 12.1. The van der Waals surface area contributed by atoms with Crippen LogP contribution in [0.2, 0.25) is 0 Å². The first-order valence-electron chi connectivity index (χ1n) is 12.8. The van der Waals surface area contributed by atoms with Gasteiger partial charge in [-0.3, -0.25) is 19.2 Å². The Hall–Kier alpha value is -3.95. The number of amides is 3.